The van der Waals surface area contributed by atoms with Gasteiger partial charge in [0, 0.05) is 11.6 Å². The number of halogens is 1. The first-order valence-corrected chi connectivity index (χ1v) is 6.61. The van der Waals surface area contributed by atoms with Gasteiger partial charge in [0.1, 0.15) is 5.75 Å². The van der Waals surface area contributed by atoms with Crippen LogP contribution in [-0.2, 0) is 0 Å². The maximum atomic E-state index is 6.40. The summed E-state index contributed by atoms with van der Waals surface area (Å²) in [6.07, 6.45) is 3.74. The highest BCUT2D eigenvalue weighted by Gasteiger charge is 2.26. The number of hydrogen-bond acceptors (Lipinski definition) is 2. The molecule has 0 bridgehead atoms. The van der Waals surface area contributed by atoms with E-state index in [1.807, 2.05) is 6.07 Å². The largest absolute Gasteiger partial charge is 0.496 e. The lowest BCUT2D eigenvalue weighted by Gasteiger charge is -2.18. The SMILES string of the molecule is COc1ccc2ccccc2c1[C@@H](N)CC1CC1.Cl. The highest BCUT2D eigenvalue weighted by molar-refractivity contribution is 5.88. The van der Waals surface area contributed by atoms with Crippen molar-refractivity contribution in [2.75, 3.05) is 7.11 Å². The standard InChI is InChI=1S/C16H19NO.ClH/c1-18-15-9-8-12-4-2-3-5-13(12)16(15)14(17)10-11-6-7-11;/h2-5,8-9,11,14H,6-7,10,17H2,1H3;1H/t14-;/m0./s1. The predicted octanol–water partition coefficient (Wildman–Crippen LogP) is 4.07. The fourth-order valence-electron chi connectivity index (χ4n) is 2.67. The molecule has 19 heavy (non-hydrogen) atoms. The molecule has 0 aromatic heterocycles. The van der Waals surface area contributed by atoms with Gasteiger partial charge in [-0.25, -0.2) is 0 Å². The van der Waals surface area contributed by atoms with Crippen molar-refractivity contribution >= 4 is 23.2 Å². The zero-order chi connectivity index (χ0) is 12.5. The van der Waals surface area contributed by atoms with Crippen molar-refractivity contribution in [3.05, 3.63) is 42.0 Å². The van der Waals surface area contributed by atoms with Gasteiger partial charge in [-0.15, -0.1) is 12.4 Å². The molecule has 1 saturated carbocycles. The van der Waals surface area contributed by atoms with Crippen molar-refractivity contribution in [1.29, 1.82) is 0 Å². The van der Waals surface area contributed by atoms with E-state index in [4.69, 9.17) is 10.5 Å². The molecule has 102 valence electrons. The third-order valence-electron chi connectivity index (χ3n) is 3.81. The maximum Gasteiger partial charge on any atom is 0.124 e. The summed E-state index contributed by atoms with van der Waals surface area (Å²) in [6, 6.07) is 12.6. The average molecular weight is 278 g/mol. The molecular weight excluding hydrogens is 258 g/mol. The van der Waals surface area contributed by atoms with Crippen molar-refractivity contribution < 1.29 is 4.74 Å². The Balaban J connectivity index is 0.00000133. The summed E-state index contributed by atoms with van der Waals surface area (Å²) >= 11 is 0. The van der Waals surface area contributed by atoms with Crippen LogP contribution in [0.15, 0.2) is 36.4 Å². The van der Waals surface area contributed by atoms with Crippen molar-refractivity contribution in [2.45, 2.75) is 25.3 Å². The van der Waals surface area contributed by atoms with Gasteiger partial charge < -0.3 is 10.5 Å². The van der Waals surface area contributed by atoms with Crippen LogP contribution < -0.4 is 10.5 Å². The minimum atomic E-state index is 0. The monoisotopic (exact) mass is 277 g/mol. The minimum absolute atomic E-state index is 0. The number of nitrogens with two attached hydrogens (primary N) is 1. The number of rotatable bonds is 4. The molecule has 0 radical (unpaired) electrons. The molecule has 3 heteroatoms. The van der Waals surface area contributed by atoms with E-state index in [1.165, 1.54) is 29.2 Å². The Morgan fingerprint density at radius 1 is 1.21 bits per heavy atom. The Kier molecular flexibility index (Phi) is 4.33. The van der Waals surface area contributed by atoms with Crippen molar-refractivity contribution in [1.82, 2.24) is 0 Å². The first-order valence-electron chi connectivity index (χ1n) is 6.61. The molecular formula is C16H20ClNO. The molecule has 0 heterocycles. The van der Waals surface area contributed by atoms with E-state index in [0.717, 1.165) is 18.1 Å². The molecule has 1 aliphatic carbocycles. The van der Waals surface area contributed by atoms with Crippen LogP contribution in [0.25, 0.3) is 10.8 Å². The second kappa shape index (κ2) is 5.81. The Morgan fingerprint density at radius 3 is 2.63 bits per heavy atom. The summed E-state index contributed by atoms with van der Waals surface area (Å²) in [5, 5.41) is 2.46. The number of hydrogen-bond donors (Lipinski definition) is 1. The first kappa shape index (κ1) is 14.2. The van der Waals surface area contributed by atoms with Crippen LogP contribution in [-0.4, -0.2) is 7.11 Å². The molecule has 0 unspecified atom stereocenters. The zero-order valence-electron chi connectivity index (χ0n) is 11.1. The lowest BCUT2D eigenvalue weighted by Crippen LogP contribution is -2.13. The summed E-state index contributed by atoms with van der Waals surface area (Å²) in [6.45, 7) is 0. The number of ether oxygens (including phenoxy) is 1. The minimum Gasteiger partial charge on any atom is -0.496 e. The highest BCUT2D eigenvalue weighted by Crippen LogP contribution is 2.40. The van der Waals surface area contributed by atoms with Crippen molar-refractivity contribution in [2.24, 2.45) is 11.7 Å². The molecule has 3 rings (SSSR count). The smallest absolute Gasteiger partial charge is 0.124 e. The summed E-state index contributed by atoms with van der Waals surface area (Å²) in [5.74, 6) is 1.74. The van der Waals surface area contributed by atoms with E-state index >= 15 is 0 Å². The molecule has 1 fully saturated rings. The van der Waals surface area contributed by atoms with E-state index in [0.29, 0.717) is 0 Å². The molecule has 0 amide bonds. The second-order valence-corrected chi connectivity index (χ2v) is 5.19. The van der Waals surface area contributed by atoms with Crippen LogP contribution >= 0.6 is 12.4 Å². The van der Waals surface area contributed by atoms with E-state index in [9.17, 15) is 0 Å². The fourth-order valence-corrected chi connectivity index (χ4v) is 2.67. The van der Waals surface area contributed by atoms with Crippen molar-refractivity contribution in [3.8, 4) is 5.75 Å². The molecule has 1 aliphatic rings. The van der Waals surface area contributed by atoms with Gasteiger partial charge in [-0.3, -0.25) is 0 Å². The summed E-state index contributed by atoms with van der Waals surface area (Å²) in [7, 11) is 1.72. The van der Waals surface area contributed by atoms with Crippen LogP contribution in [0.1, 0.15) is 30.9 Å². The second-order valence-electron chi connectivity index (χ2n) is 5.19. The van der Waals surface area contributed by atoms with E-state index in [-0.39, 0.29) is 18.4 Å². The van der Waals surface area contributed by atoms with E-state index in [1.54, 1.807) is 7.11 Å². The maximum absolute atomic E-state index is 6.40. The fraction of sp³-hybridized carbons (Fsp3) is 0.375. The Morgan fingerprint density at radius 2 is 1.95 bits per heavy atom. The van der Waals surface area contributed by atoms with Gasteiger partial charge in [0.2, 0.25) is 0 Å². The van der Waals surface area contributed by atoms with Crippen LogP contribution in [0.4, 0.5) is 0 Å². The molecule has 2 aromatic carbocycles. The normalized spacial score (nSPS) is 15.9. The van der Waals surface area contributed by atoms with Gasteiger partial charge in [0.25, 0.3) is 0 Å². The molecule has 2 nitrogen and oxygen atoms in total. The van der Waals surface area contributed by atoms with Gasteiger partial charge in [0.05, 0.1) is 7.11 Å². The highest BCUT2D eigenvalue weighted by atomic mass is 35.5. The van der Waals surface area contributed by atoms with Gasteiger partial charge in [-0.05, 0) is 29.2 Å². The Labute approximate surface area is 120 Å². The first-order chi connectivity index (χ1) is 8.79. The van der Waals surface area contributed by atoms with Gasteiger partial charge in [-0.2, -0.15) is 0 Å². The summed E-state index contributed by atoms with van der Waals surface area (Å²) < 4.78 is 5.50. The number of fused-ring (bicyclic) bond motifs is 1. The van der Waals surface area contributed by atoms with Crippen molar-refractivity contribution in [3.63, 3.8) is 0 Å². The van der Waals surface area contributed by atoms with Crippen LogP contribution in [0.2, 0.25) is 0 Å². The topological polar surface area (TPSA) is 35.2 Å². The van der Waals surface area contributed by atoms with Gasteiger partial charge >= 0.3 is 0 Å². The molecule has 1 atom stereocenters. The van der Waals surface area contributed by atoms with Gasteiger partial charge in [0.15, 0.2) is 0 Å². The third-order valence-corrected chi connectivity index (χ3v) is 3.81. The molecule has 2 N–H and O–H groups in total. The van der Waals surface area contributed by atoms with Gasteiger partial charge in [-0.1, -0.05) is 43.2 Å². The quantitative estimate of drug-likeness (QED) is 0.914. The van der Waals surface area contributed by atoms with Crippen LogP contribution in [0.3, 0.4) is 0 Å². The molecule has 2 aromatic rings. The lowest BCUT2D eigenvalue weighted by molar-refractivity contribution is 0.404. The lowest BCUT2D eigenvalue weighted by atomic mass is 9.95. The number of benzene rings is 2. The molecule has 0 spiro atoms. The van der Waals surface area contributed by atoms with Crippen LogP contribution in [0, 0.1) is 5.92 Å². The summed E-state index contributed by atoms with van der Waals surface area (Å²) in [4.78, 5) is 0. The number of methoxy groups -OCH3 is 1. The molecule has 0 saturated heterocycles. The average Bonchev–Trinajstić information content (AvgIpc) is 3.21. The van der Waals surface area contributed by atoms with E-state index in [2.05, 4.69) is 30.3 Å². The summed E-state index contributed by atoms with van der Waals surface area (Å²) in [5.41, 5.74) is 7.57. The van der Waals surface area contributed by atoms with E-state index < -0.39 is 0 Å². The predicted molar refractivity (Wildman–Crippen MR) is 82.0 cm³/mol. The molecule has 0 aliphatic heterocycles. The Hall–Kier alpha value is -1.25. The third kappa shape index (κ3) is 2.85. The zero-order valence-corrected chi connectivity index (χ0v) is 12.0. The van der Waals surface area contributed by atoms with Crippen LogP contribution in [0.5, 0.6) is 5.75 Å². The Bertz CT molecular complexity index is 566.